The first kappa shape index (κ1) is 24.1. The predicted octanol–water partition coefficient (Wildman–Crippen LogP) is 9.40. The summed E-state index contributed by atoms with van der Waals surface area (Å²) in [7, 11) is 0. The summed E-state index contributed by atoms with van der Waals surface area (Å²) in [4.78, 5) is 0. The number of hydrogen-bond donors (Lipinski definition) is 0. The summed E-state index contributed by atoms with van der Waals surface area (Å²) in [5, 5.41) is 5.71. The Bertz CT molecular complexity index is 1030. The second-order valence-corrected chi connectivity index (χ2v) is 10.8. The Morgan fingerprint density at radius 2 is 0.688 bits per heavy atom. The molecule has 0 aliphatic carbocycles. The highest BCUT2D eigenvalue weighted by atomic mass is 14.2. The number of aryl methyl sites for hydroxylation is 2. The zero-order valence-electron chi connectivity index (χ0n) is 21.3. The van der Waals surface area contributed by atoms with Gasteiger partial charge < -0.3 is 0 Å². The average molecular weight is 425 g/mol. The van der Waals surface area contributed by atoms with Gasteiger partial charge >= 0.3 is 0 Å². The normalized spacial score (nSPS) is 12.0. The fourth-order valence-electron chi connectivity index (χ4n) is 4.54. The molecule has 168 valence electrons. The van der Waals surface area contributed by atoms with Crippen LogP contribution >= 0.6 is 0 Å². The maximum absolute atomic E-state index is 2.26. The lowest BCUT2D eigenvalue weighted by Crippen LogP contribution is -2.14. The van der Waals surface area contributed by atoms with E-state index in [4.69, 9.17) is 0 Å². The molecule has 0 amide bonds. The number of fused-ring (bicyclic) bond motifs is 2. The van der Waals surface area contributed by atoms with Gasteiger partial charge in [-0.05, 0) is 67.5 Å². The molecular formula is C32H40. The monoisotopic (exact) mass is 424 g/mol. The van der Waals surface area contributed by atoms with E-state index in [0.29, 0.717) is 0 Å². The molecule has 0 unspecified atom stereocenters. The van der Waals surface area contributed by atoms with Crippen LogP contribution in [-0.2, 0) is 23.7 Å². The minimum Gasteiger partial charge on any atom is -0.0616 e. The van der Waals surface area contributed by atoms with Crippen molar-refractivity contribution < 1.29 is 0 Å². The first-order chi connectivity index (χ1) is 15.1. The van der Waals surface area contributed by atoms with Gasteiger partial charge in [-0.3, -0.25) is 0 Å². The van der Waals surface area contributed by atoms with Crippen LogP contribution < -0.4 is 0 Å². The van der Waals surface area contributed by atoms with Crippen molar-refractivity contribution in [3.8, 4) is 0 Å². The standard InChI is InChI=1S/C18H18.C14H22/c1-3-13-15-9-5-7-11-17(15)14(4-2)18-12-8-6-10-16(13)18;1-13(2,3)11-7-9-12(10-8-11)14(4,5)6/h5-12H,3-4H2,1-2H3;7-10H,1-6H3. The van der Waals surface area contributed by atoms with Gasteiger partial charge in [-0.1, -0.05) is 128 Å². The van der Waals surface area contributed by atoms with E-state index in [1.165, 1.54) is 43.8 Å². The largest absolute Gasteiger partial charge is 0.0616 e. The Kier molecular flexibility index (Phi) is 7.13. The molecule has 0 aromatic heterocycles. The minimum absolute atomic E-state index is 0.260. The lowest BCUT2D eigenvalue weighted by Gasteiger charge is -2.23. The average Bonchev–Trinajstić information content (AvgIpc) is 2.76. The summed E-state index contributed by atoms with van der Waals surface area (Å²) < 4.78 is 0. The summed E-state index contributed by atoms with van der Waals surface area (Å²) in [6.07, 6.45) is 2.18. The van der Waals surface area contributed by atoms with Crippen LogP contribution in [-0.4, -0.2) is 0 Å². The summed E-state index contributed by atoms with van der Waals surface area (Å²) in [6, 6.07) is 26.7. The second kappa shape index (κ2) is 9.49. The third-order valence-electron chi connectivity index (χ3n) is 6.48. The van der Waals surface area contributed by atoms with Gasteiger partial charge in [0.05, 0.1) is 0 Å². The van der Waals surface area contributed by atoms with Crippen molar-refractivity contribution in [1.29, 1.82) is 0 Å². The fraction of sp³-hybridized carbons (Fsp3) is 0.375. The van der Waals surface area contributed by atoms with E-state index in [1.54, 1.807) is 0 Å². The Hall–Kier alpha value is -2.60. The first-order valence-electron chi connectivity index (χ1n) is 12.1. The molecule has 32 heavy (non-hydrogen) atoms. The third-order valence-corrected chi connectivity index (χ3v) is 6.48. The van der Waals surface area contributed by atoms with Gasteiger partial charge in [0.2, 0.25) is 0 Å². The second-order valence-electron chi connectivity index (χ2n) is 10.8. The molecule has 0 heteroatoms. The zero-order valence-corrected chi connectivity index (χ0v) is 21.3. The SMILES string of the molecule is CC(C)(C)c1ccc(C(C)(C)C)cc1.CCc1c2ccccc2c(CC)c2ccccc12. The van der Waals surface area contributed by atoms with Crippen LogP contribution in [0.2, 0.25) is 0 Å². The van der Waals surface area contributed by atoms with Crippen LogP contribution in [0, 0.1) is 0 Å². The van der Waals surface area contributed by atoms with Crippen LogP contribution in [0.5, 0.6) is 0 Å². The third kappa shape index (κ3) is 5.07. The highest BCUT2D eigenvalue weighted by molar-refractivity contribution is 6.05. The molecule has 4 aromatic rings. The van der Waals surface area contributed by atoms with E-state index in [2.05, 4.69) is 128 Å². The van der Waals surface area contributed by atoms with Crippen molar-refractivity contribution in [2.45, 2.75) is 79.1 Å². The molecule has 0 N–H and O–H groups in total. The van der Waals surface area contributed by atoms with E-state index in [0.717, 1.165) is 12.8 Å². The van der Waals surface area contributed by atoms with Gasteiger partial charge in [0.1, 0.15) is 0 Å². The molecule has 0 bridgehead atoms. The van der Waals surface area contributed by atoms with Crippen molar-refractivity contribution in [1.82, 2.24) is 0 Å². The smallest absolute Gasteiger partial charge is 0.0132 e. The van der Waals surface area contributed by atoms with Crippen molar-refractivity contribution >= 4 is 21.5 Å². The molecule has 0 heterocycles. The van der Waals surface area contributed by atoms with Crippen LogP contribution in [0.3, 0.4) is 0 Å². The lowest BCUT2D eigenvalue weighted by atomic mass is 9.82. The Morgan fingerprint density at radius 1 is 0.438 bits per heavy atom. The van der Waals surface area contributed by atoms with Crippen LogP contribution in [0.4, 0.5) is 0 Å². The molecule has 0 saturated heterocycles. The first-order valence-corrected chi connectivity index (χ1v) is 12.1. The molecule has 0 fully saturated rings. The van der Waals surface area contributed by atoms with Crippen molar-refractivity contribution in [2.75, 3.05) is 0 Å². The lowest BCUT2D eigenvalue weighted by molar-refractivity contribution is 0.577. The minimum atomic E-state index is 0.260. The maximum atomic E-state index is 2.26. The Balaban J connectivity index is 0.000000188. The van der Waals surface area contributed by atoms with E-state index in [1.807, 2.05) is 0 Å². The molecule has 0 nitrogen and oxygen atoms in total. The summed E-state index contributed by atoms with van der Waals surface area (Å²) in [5.74, 6) is 0. The van der Waals surface area contributed by atoms with Gasteiger partial charge in [0, 0.05) is 0 Å². The van der Waals surface area contributed by atoms with E-state index in [9.17, 15) is 0 Å². The zero-order chi connectivity index (χ0) is 23.5. The van der Waals surface area contributed by atoms with Gasteiger partial charge in [-0.25, -0.2) is 0 Å². The van der Waals surface area contributed by atoms with Crippen molar-refractivity contribution in [3.63, 3.8) is 0 Å². The van der Waals surface area contributed by atoms with E-state index in [-0.39, 0.29) is 10.8 Å². The summed E-state index contributed by atoms with van der Waals surface area (Å²) >= 11 is 0. The van der Waals surface area contributed by atoms with Crippen LogP contribution in [0.25, 0.3) is 21.5 Å². The topological polar surface area (TPSA) is 0 Å². The summed E-state index contributed by atoms with van der Waals surface area (Å²) in [6.45, 7) is 18.0. The quantitative estimate of drug-likeness (QED) is 0.281. The van der Waals surface area contributed by atoms with Gasteiger partial charge in [0.15, 0.2) is 0 Å². The van der Waals surface area contributed by atoms with E-state index >= 15 is 0 Å². The number of rotatable bonds is 2. The Morgan fingerprint density at radius 3 is 0.875 bits per heavy atom. The van der Waals surface area contributed by atoms with Gasteiger partial charge in [0.25, 0.3) is 0 Å². The van der Waals surface area contributed by atoms with Gasteiger partial charge in [-0.2, -0.15) is 0 Å². The van der Waals surface area contributed by atoms with Crippen molar-refractivity contribution in [3.05, 3.63) is 95.1 Å². The van der Waals surface area contributed by atoms with Crippen LogP contribution in [0.1, 0.15) is 77.6 Å². The summed E-state index contributed by atoms with van der Waals surface area (Å²) in [5.41, 5.74) is 6.31. The molecule has 4 rings (SSSR count). The molecule has 0 aliphatic heterocycles. The maximum Gasteiger partial charge on any atom is -0.0132 e. The molecule has 4 aromatic carbocycles. The molecule has 0 saturated carbocycles. The number of benzene rings is 4. The van der Waals surface area contributed by atoms with Crippen molar-refractivity contribution in [2.24, 2.45) is 0 Å². The fourth-order valence-corrected chi connectivity index (χ4v) is 4.54. The molecule has 0 atom stereocenters. The molecule has 0 aliphatic rings. The highest BCUT2D eigenvalue weighted by Gasteiger charge is 2.16. The van der Waals surface area contributed by atoms with E-state index < -0.39 is 0 Å². The Labute approximate surface area is 195 Å². The molecule has 0 spiro atoms. The van der Waals surface area contributed by atoms with Crippen LogP contribution in [0.15, 0.2) is 72.8 Å². The molecule has 0 radical (unpaired) electrons. The van der Waals surface area contributed by atoms with Gasteiger partial charge in [-0.15, -0.1) is 0 Å². The predicted molar refractivity (Wildman–Crippen MR) is 144 cm³/mol. The molecular weight excluding hydrogens is 384 g/mol. The number of hydrogen-bond acceptors (Lipinski definition) is 0. The highest BCUT2D eigenvalue weighted by Crippen LogP contribution is 2.33.